The molecular formula is C23H19F3N2O4S. The summed E-state index contributed by atoms with van der Waals surface area (Å²) in [5.41, 5.74) is 0.914. The number of halogens is 3. The molecule has 10 heteroatoms. The van der Waals surface area contributed by atoms with Gasteiger partial charge in [-0.1, -0.05) is 6.07 Å². The second-order valence-corrected chi connectivity index (χ2v) is 9.64. The number of alkyl halides is 3. The number of pyridine rings is 1. The minimum Gasteiger partial charge on any atom is -0.457 e. The number of hydrogen-bond donors (Lipinski definition) is 0. The Morgan fingerprint density at radius 1 is 1.03 bits per heavy atom. The van der Waals surface area contributed by atoms with Gasteiger partial charge in [0.15, 0.2) is 9.84 Å². The van der Waals surface area contributed by atoms with Crippen molar-refractivity contribution >= 4 is 15.7 Å². The lowest BCUT2D eigenvalue weighted by Gasteiger charge is -2.29. The van der Waals surface area contributed by atoms with Crippen LogP contribution in [0.5, 0.6) is 11.5 Å². The van der Waals surface area contributed by atoms with Gasteiger partial charge in [-0.05, 0) is 66.1 Å². The van der Waals surface area contributed by atoms with Crippen LogP contribution >= 0.6 is 0 Å². The lowest BCUT2D eigenvalue weighted by molar-refractivity contribution is -0.137. The maximum absolute atomic E-state index is 13.0. The number of nitrogens with zero attached hydrogens (tertiary/aromatic N) is 2. The van der Waals surface area contributed by atoms with Crippen molar-refractivity contribution in [2.75, 3.05) is 12.8 Å². The Kier molecular flexibility index (Phi) is 5.87. The highest BCUT2D eigenvalue weighted by Gasteiger charge is 2.30. The molecule has 0 atom stereocenters. The van der Waals surface area contributed by atoms with Gasteiger partial charge in [-0.2, -0.15) is 13.2 Å². The lowest BCUT2D eigenvalue weighted by Crippen LogP contribution is -2.37. The van der Waals surface area contributed by atoms with Gasteiger partial charge in [0, 0.05) is 25.5 Å². The van der Waals surface area contributed by atoms with Crippen LogP contribution in [0.15, 0.2) is 65.7 Å². The molecule has 0 unspecified atom stereocenters. The van der Waals surface area contributed by atoms with Crippen molar-refractivity contribution < 1.29 is 31.1 Å². The van der Waals surface area contributed by atoms with Gasteiger partial charge in [0.1, 0.15) is 17.2 Å². The number of carbonyl (C=O) groups is 1. The first kappa shape index (κ1) is 22.8. The molecule has 0 radical (unpaired) electrons. The van der Waals surface area contributed by atoms with Gasteiger partial charge in [0.05, 0.1) is 10.5 Å². The van der Waals surface area contributed by atoms with E-state index in [2.05, 4.69) is 4.98 Å². The number of sulfone groups is 1. The third kappa shape index (κ3) is 5.00. The van der Waals surface area contributed by atoms with Gasteiger partial charge in [-0.25, -0.2) is 13.4 Å². The Balaban J connectivity index is 1.54. The van der Waals surface area contributed by atoms with Crippen LogP contribution in [0, 0.1) is 0 Å². The number of carbonyl (C=O) groups excluding carboxylic acids is 1. The number of hydrogen-bond acceptors (Lipinski definition) is 5. The zero-order chi connectivity index (χ0) is 23.8. The summed E-state index contributed by atoms with van der Waals surface area (Å²) < 4.78 is 68.0. The van der Waals surface area contributed by atoms with E-state index >= 15 is 0 Å². The average Bonchev–Trinajstić information content (AvgIpc) is 2.77. The summed E-state index contributed by atoms with van der Waals surface area (Å²) in [6.07, 6.45) is -1.47. The van der Waals surface area contributed by atoms with Gasteiger partial charge >= 0.3 is 6.18 Å². The van der Waals surface area contributed by atoms with Gasteiger partial charge in [0.2, 0.25) is 0 Å². The quantitative estimate of drug-likeness (QED) is 0.555. The zero-order valence-corrected chi connectivity index (χ0v) is 18.3. The highest BCUT2D eigenvalue weighted by molar-refractivity contribution is 7.90. The second-order valence-electron chi connectivity index (χ2n) is 7.65. The summed E-state index contributed by atoms with van der Waals surface area (Å²) in [6, 6.07) is 12.5. The summed E-state index contributed by atoms with van der Waals surface area (Å²) in [5.74, 6) is 0.172. The Hall–Kier alpha value is -3.40. The van der Waals surface area contributed by atoms with E-state index in [-0.39, 0.29) is 22.9 Å². The molecule has 2 aromatic carbocycles. The number of ether oxygens (including phenoxy) is 1. The maximum Gasteiger partial charge on any atom is 0.416 e. The van der Waals surface area contributed by atoms with E-state index in [1.165, 1.54) is 35.4 Å². The van der Waals surface area contributed by atoms with Crippen LogP contribution < -0.4 is 4.74 Å². The van der Waals surface area contributed by atoms with Crippen LogP contribution in [0.3, 0.4) is 0 Å². The molecule has 1 aromatic heterocycles. The number of aromatic nitrogens is 1. The molecule has 0 aliphatic carbocycles. The van der Waals surface area contributed by atoms with Crippen molar-refractivity contribution in [1.29, 1.82) is 0 Å². The molecule has 0 saturated heterocycles. The second kappa shape index (κ2) is 8.51. The van der Waals surface area contributed by atoms with E-state index in [9.17, 15) is 26.4 Å². The first-order valence-electron chi connectivity index (χ1n) is 9.93. The third-order valence-electron chi connectivity index (χ3n) is 5.27. The molecule has 0 spiro atoms. The highest BCUT2D eigenvalue weighted by Crippen LogP contribution is 2.32. The summed E-state index contributed by atoms with van der Waals surface area (Å²) >= 11 is 0. The average molecular weight is 476 g/mol. The molecule has 172 valence electrons. The minimum absolute atomic E-state index is 0.124. The molecule has 33 heavy (non-hydrogen) atoms. The van der Waals surface area contributed by atoms with Crippen molar-refractivity contribution in [2.45, 2.75) is 24.0 Å². The van der Waals surface area contributed by atoms with Crippen LogP contribution in [0.25, 0.3) is 0 Å². The van der Waals surface area contributed by atoms with Gasteiger partial charge in [0.25, 0.3) is 5.91 Å². The summed E-state index contributed by atoms with van der Waals surface area (Å²) in [5, 5.41) is 0. The van der Waals surface area contributed by atoms with Crippen molar-refractivity contribution in [3.63, 3.8) is 0 Å². The highest BCUT2D eigenvalue weighted by atomic mass is 32.2. The molecular weight excluding hydrogens is 457 g/mol. The fourth-order valence-corrected chi connectivity index (χ4v) is 4.44. The SMILES string of the molecule is CS(=O)(=O)c1cccnc1C(=O)N1CCc2ccc(Oc3ccc(C(F)(F)F)cc3)cc2C1. The lowest BCUT2D eigenvalue weighted by atomic mass is 9.99. The fraction of sp³-hybridized carbons (Fsp3) is 0.217. The van der Waals surface area contributed by atoms with Gasteiger partial charge in [-0.15, -0.1) is 0 Å². The molecule has 0 bridgehead atoms. The van der Waals surface area contributed by atoms with Crippen LogP contribution in [0.4, 0.5) is 13.2 Å². The van der Waals surface area contributed by atoms with E-state index in [1.54, 1.807) is 12.1 Å². The topological polar surface area (TPSA) is 76.6 Å². The summed E-state index contributed by atoms with van der Waals surface area (Å²) in [7, 11) is -3.63. The first-order valence-corrected chi connectivity index (χ1v) is 11.8. The number of benzene rings is 2. The predicted molar refractivity (Wildman–Crippen MR) is 114 cm³/mol. The van der Waals surface area contributed by atoms with Gasteiger partial charge in [-0.3, -0.25) is 4.79 Å². The molecule has 0 fully saturated rings. The smallest absolute Gasteiger partial charge is 0.416 e. The van der Waals surface area contributed by atoms with E-state index in [4.69, 9.17) is 4.74 Å². The normalized spacial score (nSPS) is 14.0. The maximum atomic E-state index is 13.0. The Morgan fingerprint density at radius 2 is 1.73 bits per heavy atom. The number of fused-ring (bicyclic) bond motifs is 1. The van der Waals surface area contributed by atoms with Crippen molar-refractivity contribution in [3.8, 4) is 11.5 Å². The van der Waals surface area contributed by atoms with Crippen LogP contribution in [-0.2, 0) is 29.0 Å². The molecule has 6 nitrogen and oxygen atoms in total. The fourth-order valence-electron chi connectivity index (χ4n) is 3.62. The predicted octanol–water partition coefficient (Wildman–Crippen LogP) is 4.49. The summed E-state index contributed by atoms with van der Waals surface area (Å²) in [4.78, 5) is 18.4. The third-order valence-corrected chi connectivity index (χ3v) is 6.40. The Bertz CT molecular complexity index is 1310. The van der Waals surface area contributed by atoms with Crippen molar-refractivity contribution in [3.05, 3.63) is 83.2 Å². The number of rotatable bonds is 4. The molecule has 1 amide bonds. The minimum atomic E-state index is -4.43. The Labute approximate surface area is 188 Å². The van der Waals surface area contributed by atoms with E-state index in [1.807, 2.05) is 6.07 Å². The zero-order valence-electron chi connectivity index (χ0n) is 17.5. The molecule has 3 aromatic rings. The molecule has 4 rings (SSSR count). The van der Waals surface area contributed by atoms with E-state index in [0.29, 0.717) is 18.7 Å². The monoisotopic (exact) mass is 476 g/mol. The molecule has 0 saturated carbocycles. The van der Waals surface area contributed by atoms with Crippen LogP contribution in [-0.4, -0.2) is 37.0 Å². The van der Waals surface area contributed by atoms with E-state index < -0.39 is 27.5 Å². The van der Waals surface area contributed by atoms with Crippen molar-refractivity contribution in [2.24, 2.45) is 0 Å². The number of amides is 1. The molecule has 2 heterocycles. The van der Waals surface area contributed by atoms with Crippen LogP contribution in [0.2, 0.25) is 0 Å². The standard InChI is InChI=1S/C23H19F3N2O4S/c1-33(30,31)20-3-2-11-27-21(20)22(29)28-12-10-15-4-7-19(13-16(15)14-28)32-18-8-5-17(6-9-18)23(24,25)26/h2-9,11,13H,10,12,14H2,1H3. The summed E-state index contributed by atoms with van der Waals surface area (Å²) in [6.45, 7) is 0.614. The van der Waals surface area contributed by atoms with Crippen molar-refractivity contribution in [1.82, 2.24) is 9.88 Å². The largest absolute Gasteiger partial charge is 0.457 e. The van der Waals surface area contributed by atoms with Crippen LogP contribution in [0.1, 0.15) is 27.2 Å². The first-order chi connectivity index (χ1) is 15.5. The Morgan fingerprint density at radius 3 is 2.39 bits per heavy atom. The molecule has 0 N–H and O–H groups in total. The molecule has 1 aliphatic heterocycles. The molecule has 1 aliphatic rings. The van der Waals surface area contributed by atoms with Gasteiger partial charge < -0.3 is 9.64 Å². The van der Waals surface area contributed by atoms with E-state index in [0.717, 1.165) is 29.5 Å².